The number of nitrogens with zero attached hydrogens (tertiary/aromatic N) is 1. The summed E-state index contributed by atoms with van der Waals surface area (Å²) < 4.78 is 36.3. The number of rotatable bonds is 4. The van der Waals surface area contributed by atoms with Crippen LogP contribution in [0.5, 0.6) is 0 Å². The monoisotopic (exact) mass is 274 g/mol. The second-order valence-corrected chi connectivity index (χ2v) is 4.52. The topological polar surface area (TPSA) is 46.3 Å². The SMILES string of the molecule is CC(C(=O)N(C)CCC(F)(F)F)c1cccc(N)c1. The van der Waals surface area contributed by atoms with Crippen LogP contribution < -0.4 is 5.73 Å². The Kier molecular flexibility index (Phi) is 4.80. The van der Waals surface area contributed by atoms with Crippen LogP contribution in [0, 0.1) is 0 Å². The van der Waals surface area contributed by atoms with Crippen molar-refractivity contribution in [1.29, 1.82) is 0 Å². The van der Waals surface area contributed by atoms with Crippen LogP contribution in [0.4, 0.5) is 18.9 Å². The van der Waals surface area contributed by atoms with Gasteiger partial charge in [-0.2, -0.15) is 13.2 Å². The first-order valence-electron chi connectivity index (χ1n) is 5.88. The van der Waals surface area contributed by atoms with Crippen molar-refractivity contribution < 1.29 is 18.0 Å². The highest BCUT2D eigenvalue weighted by molar-refractivity contribution is 5.83. The molecule has 1 aromatic carbocycles. The molecule has 1 atom stereocenters. The minimum Gasteiger partial charge on any atom is -0.399 e. The van der Waals surface area contributed by atoms with Crippen molar-refractivity contribution in [3.63, 3.8) is 0 Å². The summed E-state index contributed by atoms with van der Waals surface area (Å²) >= 11 is 0. The Morgan fingerprint density at radius 1 is 1.42 bits per heavy atom. The third-order valence-corrected chi connectivity index (χ3v) is 2.89. The van der Waals surface area contributed by atoms with Gasteiger partial charge in [0, 0.05) is 19.3 Å². The number of hydrogen-bond donors (Lipinski definition) is 1. The van der Waals surface area contributed by atoms with E-state index in [0.29, 0.717) is 11.3 Å². The average Bonchev–Trinajstić information content (AvgIpc) is 2.33. The Balaban J connectivity index is 2.66. The molecule has 0 saturated carbocycles. The zero-order chi connectivity index (χ0) is 14.6. The third-order valence-electron chi connectivity index (χ3n) is 2.89. The summed E-state index contributed by atoms with van der Waals surface area (Å²) in [4.78, 5) is 13.1. The quantitative estimate of drug-likeness (QED) is 0.858. The van der Waals surface area contributed by atoms with Crippen molar-refractivity contribution in [3.05, 3.63) is 29.8 Å². The van der Waals surface area contributed by atoms with E-state index in [4.69, 9.17) is 5.73 Å². The van der Waals surface area contributed by atoms with Crippen LogP contribution in [0.15, 0.2) is 24.3 Å². The maximum absolute atomic E-state index is 12.1. The third kappa shape index (κ3) is 4.81. The van der Waals surface area contributed by atoms with E-state index in [1.807, 2.05) is 0 Å². The van der Waals surface area contributed by atoms with E-state index < -0.39 is 18.5 Å². The van der Waals surface area contributed by atoms with Crippen molar-refractivity contribution in [1.82, 2.24) is 4.90 Å². The summed E-state index contributed by atoms with van der Waals surface area (Å²) in [6.45, 7) is 1.32. The smallest absolute Gasteiger partial charge is 0.390 e. The number of hydrogen-bond acceptors (Lipinski definition) is 2. The molecule has 19 heavy (non-hydrogen) atoms. The number of carbonyl (C=O) groups is 1. The van der Waals surface area contributed by atoms with Crippen molar-refractivity contribution in [2.24, 2.45) is 0 Å². The number of alkyl halides is 3. The number of nitrogen functional groups attached to an aromatic ring is 1. The van der Waals surface area contributed by atoms with Crippen LogP contribution in [0.25, 0.3) is 0 Å². The fourth-order valence-electron chi connectivity index (χ4n) is 1.71. The second kappa shape index (κ2) is 5.95. The van der Waals surface area contributed by atoms with Crippen LogP contribution in [-0.2, 0) is 4.79 Å². The Hall–Kier alpha value is -1.72. The number of nitrogens with two attached hydrogens (primary N) is 1. The molecule has 0 radical (unpaired) electrons. The largest absolute Gasteiger partial charge is 0.399 e. The molecule has 0 heterocycles. The zero-order valence-corrected chi connectivity index (χ0v) is 10.9. The molecule has 0 saturated heterocycles. The number of carbonyl (C=O) groups excluding carboxylic acids is 1. The Morgan fingerprint density at radius 3 is 2.58 bits per heavy atom. The summed E-state index contributed by atoms with van der Waals surface area (Å²) in [6, 6.07) is 6.79. The summed E-state index contributed by atoms with van der Waals surface area (Å²) in [7, 11) is 1.37. The lowest BCUT2D eigenvalue weighted by Gasteiger charge is -2.22. The van der Waals surface area contributed by atoms with Crippen LogP contribution in [0.1, 0.15) is 24.8 Å². The van der Waals surface area contributed by atoms with Crippen LogP contribution >= 0.6 is 0 Å². The summed E-state index contributed by atoms with van der Waals surface area (Å²) in [5, 5.41) is 0. The highest BCUT2D eigenvalue weighted by Crippen LogP contribution is 2.22. The fourth-order valence-corrected chi connectivity index (χ4v) is 1.71. The summed E-state index contributed by atoms with van der Waals surface area (Å²) in [6.07, 6.45) is -5.26. The standard InChI is InChI=1S/C13H17F3N2O/c1-9(10-4-3-5-11(17)8-10)12(19)18(2)7-6-13(14,15)16/h3-5,8-9H,6-7,17H2,1-2H3. The van der Waals surface area contributed by atoms with Crippen molar-refractivity contribution in [3.8, 4) is 0 Å². The number of benzene rings is 1. The Bertz CT molecular complexity index is 446. The van der Waals surface area contributed by atoms with E-state index in [2.05, 4.69) is 0 Å². The molecule has 0 aromatic heterocycles. The van der Waals surface area contributed by atoms with E-state index in [1.165, 1.54) is 7.05 Å². The van der Waals surface area contributed by atoms with Crippen LogP contribution in [-0.4, -0.2) is 30.6 Å². The molecule has 1 unspecified atom stereocenters. The molecule has 1 rings (SSSR count). The van der Waals surface area contributed by atoms with E-state index in [0.717, 1.165) is 4.90 Å². The molecule has 2 N–H and O–H groups in total. The van der Waals surface area contributed by atoms with Crippen molar-refractivity contribution >= 4 is 11.6 Å². The van der Waals surface area contributed by atoms with Gasteiger partial charge in [-0.25, -0.2) is 0 Å². The van der Waals surface area contributed by atoms with Gasteiger partial charge in [0.25, 0.3) is 0 Å². The summed E-state index contributed by atoms with van der Waals surface area (Å²) in [5.74, 6) is -0.864. The Morgan fingerprint density at radius 2 is 2.05 bits per heavy atom. The first kappa shape index (κ1) is 15.3. The molecular formula is C13H17F3N2O. The maximum atomic E-state index is 12.1. The number of halogens is 3. The molecule has 0 bridgehead atoms. The molecule has 0 aliphatic rings. The van der Waals surface area contributed by atoms with Gasteiger partial charge in [0.2, 0.25) is 5.91 Å². The summed E-state index contributed by atoms with van der Waals surface area (Å²) in [5.41, 5.74) is 6.84. The highest BCUT2D eigenvalue weighted by atomic mass is 19.4. The average molecular weight is 274 g/mol. The molecule has 1 amide bonds. The van der Waals surface area contributed by atoms with Crippen molar-refractivity contribution in [2.45, 2.75) is 25.4 Å². The van der Waals surface area contributed by atoms with Gasteiger partial charge in [-0.05, 0) is 24.6 Å². The normalized spacial score (nSPS) is 13.1. The van der Waals surface area contributed by atoms with Crippen molar-refractivity contribution in [2.75, 3.05) is 19.3 Å². The van der Waals surface area contributed by atoms with Gasteiger partial charge in [0.1, 0.15) is 0 Å². The van der Waals surface area contributed by atoms with Gasteiger partial charge in [0.15, 0.2) is 0 Å². The fraction of sp³-hybridized carbons (Fsp3) is 0.462. The molecule has 0 spiro atoms. The first-order chi connectivity index (χ1) is 8.70. The van der Waals surface area contributed by atoms with E-state index in [1.54, 1.807) is 31.2 Å². The number of amides is 1. The number of likely N-dealkylation sites (N-methyl/N-ethyl adjacent to an activating group) is 1. The molecule has 106 valence electrons. The van der Waals surface area contributed by atoms with Gasteiger partial charge < -0.3 is 10.6 Å². The zero-order valence-electron chi connectivity index (χ0n) is 10.9. The van der Waals surface area contributed by atoms with Crippen LogP contribution in [0.3, 0.4) is 0 Å². The van der Waals surface area contributed by atoms with Gasteiger partial charge in [-0.15, -0.1) is 0 Å². The predicted molar refractivity (Wildman–Crippen MR) is 67.6 cm³/mol. The van der Waals surface area contributed by atoms with E-state index in [-0.39, 0.29) is 12.5 Å². The Labute approximate surface area is 110 Å². The van der Waals surface area contributed by atoms with E-state index in [9.17, 15) is 18.0 Å². The molecule has 0 fully saturated rings. The highest BCUT2D eigenvalue weighted by Gasteiger charge is 2.29. The van der Waals surface area contributed by atoms with E-state index >= 15 is 0 Å². The molecule has 6 heteroatoms. The lowest BCUT2D eigenvalue weighted by Crippen LogP contribution is -2.33. The van der Waals surface area contributed by atoms with Gasteiger partial charge in [-0.3, -0.25) is 4.79 Å². The lowest BCUT2D eigenvalue weighted by atomic mass is 9.99. The maximum Gasteiger partial charge on any atom is 0.390 e. The molecule has 0 aliphatic heterocycles. The molecule has 0 aliphatic carbocycles. The molecule has 3 nitrogen and oxygen atoms in total. The lowest BCUT2D eigenvalue weighted by molar-refractivity contribution is -0.144. The second-order valence-electron chi connectivity index (χ2n) is 4.52. The minimum absolute atomic E-state index is 0.338. The number of anilines is 1. The minimum atomic E-state index is -4.26. The molecule has 1 aromatic rings. The van der Waals surface area contributed by atoms with Gasteiger partial charge in [-0.1, -0.05) is 12.1 Å². The molecular weight excluding hydrogens is 257 g/mol. The van der Waals surface area contributed by atoms with Crippen LogP contribution in [0.2, 0.25) is 0 Å². The first-order valence-corrected chi connectivity index (χ1v) is 5.88. The predicted octanol–water partition coefficient (Wildman–Crippen LogP) is 2.78. The van der Waals surface area contributed by atoms with Gasteiger partial charge >= 0.3 is 6.18 Å². The van der Waals surface area contributed by atoms with Gasteiger partial charge in [0.05, 0.1) is 12.3 Å².